The van der Waals surface area contributed by atoms with Crippen molar-refractivity contribution < 1.29 is 0 Å². The molecule has 0 spiro atoms. The molecule has 0 rings (SSSR count). The van der Waals surface area contributed by atoms with Crippen molar-refractivity contribution in [2.75, 3.05) is 13.1 Å². The van der Waals surface area contributed by atoms with Crippen molar-refractivity contribution in [3.8, 4) is 0 Å². The lowest BCUT2D eigenvalue weighted by Crippen LogP contribution is -2.71. The van der Waals surface area contributed by atoms with Gasteiger partial charge in [-0.15, -0.1) is 0 Å². The van der Waals surface area contributed by atoms with Crippen LogP contribution in [0.15, 0.2) is 0 Å². The van der Waals surface area contributed by atoms with Gasteiger partial charge in [-0.3, -0.25) is 14.7 Å². The third-order valence-electron chi connectivity index (χ3n) is 10.2. The Morgan fingerprint density at radius 1 is 0.500 bits per heavy atom. The van der Waals surface area contributed by atoms with Gasteiger partial charge in [0, 0.05) is 41.3 Å². The molecule has 0 N–H and O–H groups in total. The first-order valence-electron chi connectivity index (χ1n) is 13.5. The summed E-state index contributed by atoms with van der Waals surface area (Å²) < 4.78 is 0. The molecule has 0 aliphatic heterocycles. The van der Waals surface area contributed by atoms with E-state index in [1.54, 1.807) is 0 Å². The highest BCUT2D eigenvalue weighted by Crippen LogP contribution is 2.56. The van der Waals surface area contributed by atoms with Crippen LogP contribution in [-0.2, 0) is 0 Å². The van der Waals surface area contributed by atoms with Crippen molar-refractivity contribution >= 4 is 0 Å². The van der Waals surface area contributed by atoms with Gasteiger partial charge in [-0.05, 0) is 107 Å². The summed E-state index contributed by atoms with van der Waals surface area (Å²) in [6.07, 6.45) is 0. The van der Waals surface area contributed by atoms with Crippen LogP contribution in [0.25, 0.3) is 0 Å². The Hall–Kier alpha value is -0.120. The first kappa shape index (κ1) is 31.9. The second-order valence-corrected chi connectivity index (χ2v) is 13.2. The Kier molecular flexibility index (Phi) is 11.0. The van der Waals surface area contributed by atoms with Crippen LogP contribution < -0.4 is 0 Å². The number of hydrogen-bond acceptors (Lipinski definition) is 3. The molecule has 3 heteroatoms. The normalized spacial score (nSPS) is 16.9. The van der Waals surface area contributed by atoms with Crippen LogP contribution in [0.1, 0.15) is 125 Å². The minimum atomic E-state index is 0.00238. The zero-order valence-electron chi connectivity index (χ0n) is 25.6. The molecule has 3 nitrogen and oxygen atoms in total. The van der Waals surface area contributed by atoms with E-state index in [0.717, 1.165) is 13.1 Å². The summed E-state index contributed by atoms with van der Waals surface area (Å²) in [5.74, 6) is 0. The van der Waals surface area contributed by atoms with Crippen LogP contribution in [0.2, 0.25) is 0 Å². The number of rotatable bonds is 13. The van der Waals surface area contributed by atoms with Crippen molar-refractivity contribution in [1.82, 2.24) is 14.7 Å². The van der Waals surface area contributed by atoms with Gasteiger partial charge in [0.1, 0.15) is 0 Å². The van der Waals surface area contributed by atoms with E-state index in [1.807, 2.05) is 0 Å². The van der Waals surface area contributed by atoms with Gasteiger partial charge in [0.2, 0.25) is 0 Å². The molecular formula is C29H63N3. The fraction of sp³-hybridized carbons (Fsp3) is 1.00. The van der Waals surface area contributed by atoms with Crippen molar-refractivity contribution in [2.24, 2.45) is 10.8 Å². The summed E-state index contributed by atoms with van der Waals surface area (Å²) in [5, 5.41) is 0. The zero-order chi connectivity index (χ0) is 26.0. The highest BCUT2D eigenvalue weighted by atomic mass is 15.3. The van der Waals surface area contributed by atoms with Gasteiger partial charge in [0.25, 0.3) is 0 Å². The molecule has 2 unspecified atom stereocenters. The maximum Gasteiger partial charge on any atom is 0.0228 e. The van der Waals surface area contributed by atoms with Gasteiger partial charge in [-0.1, -0.05) is 41.5 Å². The van der Waals surface area contributed by atoms with Gasteiger partial charge in [0.15, 0.2) is 0 Å². The molecule has 0 aromatic heterocycles. The Morgan fingerprint density at radius 2 is 0.906 bits per heavy atom. The van der Waals surface area contributed by atoms with Crippen LogP contribution in [0, 0.1) is 10.8 Å². The Bertz CT molecular complexity index is 557. The van der Waals surface area contributed by atoms with E-state index in [2.05, 4.69) is 139 Å². The predicted molar refractivity (Wildman–Crippen MR) is 147 cm³/mol. The quantitative estimate of drug-likeness (QED) is 0.285. The van der Waals surface area contributed by atoms with Gasteiger partial charge in [-0.25, -0.2) is 0 Å². The summed E-state index contributed by atoms with van der Waals surface area (Å²) in [6.45, 7) is 45.8. The van der Waals surface area contributed by atoms with Gasteiger partial charge >= 0.3 is 0 Å². The summed E-state index contributed by atoms with van der Waals surface area (Å²) in [4.78, 5) is 8.16. The monoisotopic (exact) mass is 454 g/mol. The molecular weight excluding hydrogens is 390 g/mol. The van der Waals surface area contributed by atoms with Crippen molar-refractivity contribution in [3.05, 3.63) is 0 Å². The van der Waals surface area contributed by atoms with E-state index in [0.29, 0.717) is 30.2 Å². The molecule has 0 fully saturated rings. The predicted octanol–water partition coefficient (Wildman–Crippen LogP) is 7.54. The van der Waals surface area contributed by atoms with Crippen LogP contribution >= 0.6 is 0 Å². The lowest BCUT2D eigenvalue weighted by Gasteiger charge is -2.65. The average Bonchev–Trinajstić information content (AvgIpc) is 2.60. The SMILES string of the molecule is CCN(C(C)C)C(C)C(C)N(C(C)C)C(C)(C)C(C)(C)C(C)(C)C(C)(C)N(CC)C(C)C. The maximum atomic E-state index is 2.83. The molecule has 0 aliphatic rings. The summed E-state index contributed by atoms with van der Waals surface area (Å²) in [7, 11) is 0. The molecule has 2 atom stereocenters. The number of nitrogens with zero attached hydrogens (tertiary/aromatic N) is 3. The van der Waals surface area contributed by atoms with E-state index in [4.69, 9.17) is 0 Å². The number of hydrogen-bond donors (Lipinski definition) is 0. The first-order chi connectivity index (χ1) is 14.2. The molecule has 0 bridgehead atoms. The molecule has 0 heterocycles. The van der Waals surface area contributed by atoms with Crippen molar-refractivity contribution in [1.29, 1.82) is 0 Å². The van der Waals surface area contributed by atoms with Gasteiger partial charge in [-0.2, -0.15) is 0 Å². The second-order valence-electron chi connectivity index (χ2n) is 13.2. The smallest absolute Gasteiger partial charge is 0.0228 e. The summed E-state index contributed by atoms with van der Waals surface area (Å²) in [5.41, 5.74) is 0.186. The minimum absolute atomic E-state index is 0.00238. The van der Waals surface area contributed by atoms with Crippen LogP contribution in [0.5, 0.6) is 0 Å². The second kappa shape index (κ2) is 11.1. The molecule has 0 saturated carbocycles. The lowest BCUT2D eigenvalue weighted by molar-refractivity contribution is -0.156. The summed E-state index contributed by atoms with van der Waals surface area (Å²) in [6, 6.07) is 2.51. The Labute approximate surface area is 204 Å². The molecule has 0 saturated heterocycles. The molecule has 0 aromatic rings. The third-order valence-corrected chi connectivity index (χ3v) is 10.2. The van der Waals surface area contributed by atoms with Gasteiger partial charge < -0.3 is 0 Å². The van der Waals surface area contributed by atoms with E-state index < -0.39 is 0 Å². The zero-order valence-corrected chi connectivity index (χ0v) is 25.6. The topological polar surface area (TPSA) is 9.72 Å². The van der Waals surface area contributed by atoms with Crippen molar-refractivity contribution in [2.45, 2.75) is 166 Å². The summed E-state index contributed by atoms with van der Waals surface area (Å²) >= 11 is 0. The third kappa shape index (κ3) is 5.57. The standard InChI is InChI=1S/C29H63N3/c1-19-30(21(3)4)24(9)25(10)32(23(7)8)29(17,18)27(13,14)26(11,12)28(15,16)31(20-2)22(5)6/h21-25H,19-20H2,1-18H3. The van der Waals surface area contributed by atoms with E-state index in [9.17, 15) is 0 Å². The van der Waals surface area contributed by atoms with E-state index >= 15 is 0 Å². The molecule has 32 heavy (non-hydrogen) atoms. The van der Waals surface area contributed by atoms with Crippen LogP contribution in [0.3, 0.4) is 0 Å². The van der Waals surface area contributed by atoms with Crippen LogP contribution in [0.4, 0.5) is 0 Å². The molecule has 0 radical (unpaired) electrons. The molecule has 0 aliphatic carbocycles. The highest BCUT2D eigenvalue weighted by molar-refractivity contribution is 5.12. The van der Waals surface area contributed by atoms with Gasteiger partial charge in [0.05, 0.1) is 0 Å². The lowest BCUT2D eigenvalue weighted by atomic mass is 9.51. The molecule has 0 amide bonds. The van der Waals surface area contributed by atoms with E-state index in [-0.39, 0.29) is 21.9 Å². The van der Waals surface area contributed by atoms with E-state index in [1.165, 1.54) is 0 Å². The Morgan fingerprint density at radius 3 is 1.19 bits per heavy atom. The Balaban J connectivity index is 6.53. The highest BCUT2D eigenvalue weighted by Gasteiger charge is 2.59. The first-order valence-corrected chi connectivity index (χ1v) is 13.5. The average molecular weight is 454 g/mol. The largest absolute Gasteiger partial charge is 0.297 e. The molecule has 194 valence electrons. The minimum Gasteiger partial charge on any atom is -0.297 e. The maximum absolute atomic E-state index is 2.83. The fourth-order valence-electron chi connectivity index (χ4n) is 6.88. The fourth-order valence-corrected chi connectivity index (χ4v) is 6.88. The number of likely N-dealkylation sites (N-methyl/N-ethyl adjacent to an activating group) is 1. The molecule has 0 aromatic carbocycles. The van der Waals surface area contributed by atoms with Crippen LogP contribution in [-0.4, -0.2) is 69.1 Å². The van der Waals surface area contributed by atoms with Crippen molar-refractivity contribution in [3.63, 3.8) is 0 Å².